The van der Waals surface area contributed by atoms with E-state index in [0.717, 1.165) is 6.42 Å². The van der Waals surface area contributed by atoms with E-state index in [1.165, 1.54) is 4.90 Å². The van der Waals surface area contributed by atoms with Crippen LogP contribution in [0.1, 0.15) is 27.2 Å². The predicted molar refractivity (Wildman–Crippen MR) is 66.5 cm³/mol. The molecule has 6 heteroatoms. The quantitative estimate of drug-likeness (QED) is 0.817. The van der Waals surface area contributed by atoms with Gasteiger partial charge in [-0.1, -0.05) is 6.92 Å². The number of nitrogens with zero attached hydrogens (tertiary/aromatic N) is 2. The third-order valence-electron chi connectivity index (χ3n) is 2.94. The summed E-state index contributed by atoms with van der Waals surface area (Å²) >= 11 is 0. The Balaban J connectivity index is 2.70. The van der Waals surface area contributed by atoms with Crippen LogP contribution in [0, 0.1) is 0 Å². The normalized spacial score (nSPS) is 23.8. The van der Waals surface area contributed by atoms with Crippen LogP contribution in [0.15, 0.2) is 0 Å². The third-order valence-corrected chi connectivity index (χ3v) is 2.94. The molecule has 1 fully saturated rings. The minimum atomic E-state index is -0.981. The molecule has 0 aromatic carbocycles. The monoisotopic (exact) mass is 258 g/mol. The molecule has 18 heavy (non-hydrogen) atoms. The summed E-state index contributed by atoms with van der Waals surface area (Å²) in [5.74, 6) is -0.981. The summed E-state index contributed by atoms with van der Waals surface area (Å²) in [5.41, 5.74) is 0. The second-order valence-electron chi connectivity index (χ2n) is 4.74. The lowest BCUT2D eigenvalue weighted by molar-refractivity contribution is -0.137. The summed E-state index contributed by atoms with van der Waals surface area (Å²) in [5, 5.41) is 8.84. The zero-order chi connectivity index (χ0) is 13.7. The number of morpholine rings is 1. The molecule has 1 aliphatic heterocycles. The fourth-order valence-electron chi connectivity index (χ4n) is 2.03. The summed E-state index contributed by atoms with van der Waals surface area (Å²) in [7, 11) is 0. The number of rotatable bonds is 4. The van der Waals surface area contributed by atoms with Crippen molar-refractivity contribution in [2.45, 2.75) is 39.3 Å². The van der Waals surface area contributed by atoms with Gasteiger partial charge in [0, 0.05) is 13.1 Å². The molecular weight excluding hydrogens is 236 g/mol. The molecule has 1 rings (SSSR count). The van der Waals surface area contributed by atoms with Crippen LogP contribution in [0.5, 0.6) is 0 Å². The number of aliphatic carboxylic acids is 1. The minimum Gasteiger partial charge on any atom is -0.480 e. The van der Waals surface area contributed by atoms with Gasteiger partial charge in [-0.2, -0.15) is 0 Å². The average molecular weight is 258 g/mol. The van der Waals surface area contributed by atoms with Crippen LogP contribution >= 0.6 is 0 Å². The number of amides is 2. The molecule has 1 N–H and O–H groups in total. The minimum absolute atomic E-state index is 0.00143. The number of carboxylic acids is 1. The number of carbonyl (C=O) groups is 2. The lowest BCUT2D eigenvalue weighted by Crippen LogP contribution is -2.55. The number of hydrogen-bond donors (Lipinski definition) is 1. The highest BCUT2D eigenvalue weighted by Gasteiger charge is 2.31. The average Bonchev–Trinajstić information content (AvgIpc) is 2.30. The van der Waals surface area contributed by atoms with Crippen molar-refractivity contribution in [3.8, 4) is 0 Å². The molecule has 1 heterocycles. The first kappa shape index (κ1) is 14.8. The van der Waals surface area contributed by atoms with E-state index in [-0.39, 0.29) is 24.7 Å². The highest BCUT2D eigenvalue weighted by molar-refractivity contribution is 5.80. The SMILES string of the molecule is CCCN(CC(=O)O)C(=O)N1CC(C)OCC1C. The van der Waals surface area contributed by atoms with Gasteiger partial charge in [-0.15, -0.1) is 0 Å². The highest BCUT2D eigenvalue weighted by Crippen LogP contribution is 2.14. The van der Waals surface area contributed by atoms with E-state index >= 15 is 0 Å². The van der Waals surface area contributed by atoms with Crippen LogP contribution in [0.3, 0.4) is 0 Å². The van der Waals surface area contributed by atoms with Gasteiger partial charge >= 0.3 is 12.0 Å². The van der Waals surface area contributed by atoms with Crippen molar-refractivity contribution in [1.82, 2.24) is 9.80 Å². The fraction of sp³-hybridized carbons (Fsp3) is 0.833. The molecule has 0 aliphatic carbocycles. The van der Waals surface area contributed by atoms with Crippen molar-refractivity contribution >= 4 is 12.0 Å². The largest absolute Gasteiger partial charge is 0.480 e. The number of hydrogen-bond acceptors (Lipinski definition) is 3. The van der Waals surface area contributed by atoms with Gasteiger partial charge < -0.3 is 19.6 Å². The van der Waals surface area contributed by atoms with Crippen molar-refractivity contribution in [1.29, 1.82) is 0 Å². The molecule has 6 nitrogen and oxygen atoms in total. The summed E-state index contributed by atoms with van der Waals surface area (Å²) in [6, 6.07) is -0.219. The fourth-order valence-corrected chi connectivity index (χ4v) is 2.03. The lowest BCUT2D eigenvalue weighted by atomic mass is 10.2. The Bertz CT molecular complexity index is 308. The zero-order valence-corrected chi connectivity index (χ0v) is 11.3. The zero-order valence-electron chi connectivity index (χ0n) is 11.3. The Morgan fingerprint density at radius 2 is 2.11 bits per heavy atom. The molecule has 1 saturated heterocycles. The number of carboxylic acid groups (broad SMARTS) is 1. The van der Waals surface area contributed by atoms with Crippen LogP contribution in [0.2, 0.25) is 0 Å². The summed E-state index contributed by atoms with van der Waals surface area (Å²) in [4.78, 5) is 26.2. The van der Waals surface area contributed by atoms with Crippen molar-refractivity contribution < 1.29 is 19.4 Å². The number of urea groups is 1. The highest BCUT2D eigenvalue weighted by atomic mass is 16.5. The van der Waals surface area contributed by atoms with Crippen LogP contribution in [0.25, 0.3) is 0 Å². The molecule has 2 atom stereocenters. The van der Waals surface area contributed by atoms with E-state index in [2.05, 4.69) is 0 Å². The van der Waals surface area contributed by atoms with E-state index in [9.17, 15) is 9.59 Å². The Morgan fingerprint density at radius 1 is 1.44 bits per heavy atom. The molecule has 0 radical (unpaired) electrons. The van der Waals surface area contributed by atoms with E-state index in [1.807, 2.05) is 20.8 Å². The van der Waals surface area contributed by atoms with Crippen molar-refractivity contribution in [2.24, 2.45) is 0 Å². The van der Waals surface area contributed by atoms with Gasteiger partial charge in [-0.3, -0.25) is 4.79 Å². The van der Waals surface area contributed by atoms with Gasteiger partial charge in [0.1, 0.15) is 6.54 Å². The van der Waals surface area contributed by atoms with Gasteiger partial charge in [0.05, 0.1) is 18.8 Å². The maximum absolute atomic E-state index is 12.3. The topological polar surface area (TPSA) is 70.1 Å². The van der Waals surface area contributed by atoms with Gasteiger partial charge in [0.25, 0.3) is 0 Å². The molecule has 0 saturated carbocycles. The van der Waals surface area contributed by atoms with Gasteiger partial charge in [0.2, 0.25) is 0 Å². The molecule has 0 aromatic heterocycles. The maximum atomic E-state index is 12.3. The molecule has 0 spiro atoms. The van der Waals surface area contributed by atoms with Gasteiger partial charge in [-0.25, -0.2) is 4.79 Å². The molecule has 1 aliphatic rings. The number of carbonyl (C=O) groups excluding carboxylic acids is 1. The standard InChI is InChI=1S/C12H22N2O4/c1-4-5-13(7-11(15)16)12(17)14-6-10(3)18-8-9(14)2/h9-10H,4-8H2,1-3H3,(H,15,16). The molecule has 2 unspecified atom stereocenters. The summed E-state index contributed by atoms with van der Waals surface area (Å²) in [6.45, 7) is 6.98. The molecule has 2 amide bonds. The Labute approximate surface area is 107 Å². The van der Waals surface area contributed by atoms with Crippen molar-refractivity contribution in [2.75, 3.05) is 26.2 Å². The number of ether oxygens (including phenoxy) is 1. The first-order valence-electron chi connectivity index (χ1n) is 6.34. The van der Waals surface area contributed by atoms with Crippen molar-refractivity contribution in [3.63, 3.8) is 0 Å². The van der Waals surface area contributed by atoms with Crippen LogP contribution in [0.4, 0.5) is 4.79 Å². The summed E-state index contributed by atoms with van der Waals surface area (Å²) in [6.07, 6.45) is 0.742. The van der Waals surface area contributed by atoms with Crippen molar-refractivity contribution in [3.05, 3.63) is 0 Å². The predicted octanol–water partition coefficient (Wildman–Crippen LogP) is 1.01. The van der Waals surface area contributed by atoms with E-state index < -0.39 is 5.97 Å². The third kappa shape index (κ3) is 3.87. The lowest BCUT2D eigenvalue weighted by Gasteiger charge is -2.39. The van der Waals surface area contributed by atoms with Gasteiger partial charge in [0.15, 0.2) is 0 Å². The molecular formula is C12H22N2O4. The second kappa shape index (κ2) is 6.58. The molecule has 0 aromatic rings. The smallest absolute Gasteiger partial charge is 0.323 e. The first-order chi connectivity index (χ1) is 8.45. The van der Waals surface area contributed by atoms with E-state index in [4.69, 9.17) is 9.84 Å². The van der Waals surface area contributed by atoms with Gasteiger partial charge in [-0.05, 0) is 20.3 Å². The van der Waals surface area contributed by atoms with Crippen LogP contribution in [-0.2, 0) is 9.53 Å². The summed E-state index contributed by atoms with van der Waals surface area (Å²) < 4.78 is 5.46. The van der Waals surface area contributed by atoms with E-state index in [0.29, 0.717) is 19.7 Å². The maximum Gasteiger partial charge on any atom is 0.323 e. The first-order valence-corrected chi connectivity index (χ1v) is 6.34. The Kier molecular flexibility index (Phi) is 5.40. The Hall–Kier alpha value is -1.30. The Morgan fingerprint density at radius 3 is 2.67 bits per heavy atom. The second-order valence-corrected chi connectivity index (χ2v) is 4.74. The van der Waals surface area contributed by atoms with Crippen LogP contribution < -0.4 is 0 Å². The van der Waals surface area contributed by atoms with E-state index in [1.54, 1.807) is 4.90 Å². The van der Waals surface area contributed by atoms with Crippen LogP contribution in [-0.4, -0.2) is 65.3 Å². The molecule has 0 bridgehead atoms. The molecule has 104 valence electrons.